The van der Waals surface area contributed by atoms with Crippen molar-refractivity contribution in [3.63, 3.8) is 0 Å². The average molecular weight is 444 g/mol. The van der Waals surface area contributed by atoms with Gasteiger partial charge >= 0.3 is 0 Å². The van der Waals surface area contributed by atoms with Crippen molar-refractivity contribution in [3.8, 4) is 23.0 Å². The first kappa shape index (κ1) is 20.4. The van der Waals surface area contributed by atoms with Gasteiger partial charge in [-0.05, 0) is 43.3 Å². The van der Waals surface area contributed by atoms with Gasteiger partial charge in [0.15, 0.2) is 0 Å². The highest BCUT2D eigenvalue weighted by Gasteiger charge is 2.14. The van der Waals surface area contributed by atoms with E-state index in [1.807, 2.05) is 36.6 Å². The summed E-state index contributed by atoms with van der Waals surface area (Å²) in [5.41, 5.74) is 1.67. The first-order valence-electron chi connectivity index (χ1n) is 9.21. The van der Waals surface area contributed by atoms with Crippen LogP contribution in [0.25, 0.3) is 11.5 Å². The molecule has 4 aromatic rings. The molecule has 0 aliphatic carbocycles. The molecule has 0 amide bonds. The van der Waals surface area contributed by atoms with E-state index in [1.165, 1.54) is 35.2 Å². The second kappa shape index (κ2) is 9.73. The van der Waals surface area contributed by atoms with Crippen molar-refractivity contribution >= 4 is 23.1 Å². The smallest absolute Gasteiger partial charge is 0.277 e. The van der Waals surface area contributed by atoms with E-state index in [-0.39, 0.29) is 5.82 Å². The van der Waals surface area contributed by atoms with Crippen LogP contribution in [0.15, 0.2) is 63.6 Å². The molecule has 0 fully saturated rings. The minimum absolute atomic E-state index is 0.290. The van der Waals surface area contributed by atoms with E-state index in [4.69, 9.17) is 13.9 Å². The van der Waals surface area contributed by atoms with Gasteiger partial charge in [0.1, 0.15) is 28.9 Å². The van der Waals surface area contributed by atoms with Crippen LogP contribution in [0.2, 0.25) is 0 Å². The first-order valence-corrected chi connectivity index (χ1v) is 11.1. The van der Waals surface area contributed by atoms with Crippen LogP contribution in [0.3, 0.4) is 0 Å². The van der Waals surface area contributed by atoms with Gasteiger partial charge in [0, 0.05) is 11.1 Å². The topological polar surface area (TPSA) is 70.3 Å². The van der Waals surface area contributed by atoms with Gasteiger partial charge in [-0.15, -0.1) is 21.5 Å². The zero-order chi connectivity index (χ0) is 20.8. The Hall–Kier alpha value is -2.91. The van der Waals surface area contributed by atoms with Crippen LogP contribution in [0.5, 0.6) is 11.5 Å². The van der Waals surface area contributed by atoms with E-state index in [0.717, 1.165) is 16.3 Å². The molecule has 9 heteroatoms. The Labute approximate surface area is 181 Å². The number of hydrogen-bond donors (Lipinski definition) is 0. The number of hydrogen-bond acceptors (Lipinski definition) is 8. The van der Waals surface area contributed by atoms with Gasteiger partial charge in [0.25, 0.3) is 11.1 Å². The first-order chi connectivity index (χ1) is 14.7. The molecule has 0 aliphatic heterocycles. The predicted octanol–water partition coefficient (Wildman–Crippen LogP) is 5.60. The number of halogens is 1. The number of thioether (sulfide) groups is 1. The van der Waals surface area contributed by atoms with Crippen molar-refractivity contribution in [2.75, 3.05) is 6.61 Å². The lowest BCUT2D eigenvalue weighted by molar-refractivity contribution is 0.305. The van der Waals surface area contributed by atoms with E-state index in [0.29, 0.717) is 41.6 Å². The summed E-state index contributed by atoms with van der Waals surface area (Å²) in [5, 5.41) is 11.5. The summed E-state index contributed by atoms with van der Waals surface area (Å²) in [4.78, 5) is 4.55. The number of nitrogens with zero attached hydrogens (tertiary/aromatic N) is 3. The molecule has 0 unspecified atom stereocenters. The third-order valence-corrected chi connectivity index (χ3v) is 5.67. The summed E-state index contributed by atoms with van der Waals surface area (Å²) >= 11 is 2.93. The van der Waals surface area contributed by atoms with E-state index in [2.05, 4.69) is 15.2 Å². The Morgan fingerprint density at radius 1 is 1.07 bits per heavy atom. The lowest BCUT2D eigenvalue weighted by atomic mass is 10.2. The normalized spacial score (nSPS) is 10.9. The van der Waals surface area contributed by atoms with Crippen LogP contribution < -0.4 is 9.47 Å². The maximum Gasteiger partial charge on any atom is 0.277 e. The number of ether oxygens (including phenoxy) is 2. The molecular formula is C21H18FN3O3S2. The summed E-state index contributed by atoms with van der Waals surface area (Å²) < 4.78 is 30.0. The van der Waals surface area contributed by atoms with Crippen molar-refractivity contribution in [1.29, 1.82) is 0 Å². The van der Waals surface area contributed by atoms with Gasteiger partial charge in [-0.1, -0.05) is 23.9 Å². The van der Waals surface area contributed by atoms with Crippen molar-refractivity contribution < 1.29 is 18.3 Å². The molecule has 0 radical (unpaired) electrons. The molecule has 0 aliphatic rings. The van der Waals surface area contributed by atoms with E-state index >= 15 is 0 Å². The van der Waals surface area contributed by atoms with Crippen molar-refractivity contribution in [3.05, 3.63) is 70.4 Å². The average Bonchev–Trinajstić information content (AvgIpc) is 3.42. The van der Waals surface area contributed by atoms with Gasteiger partial charge in [-0.25, -0.2) is 9.37 Å². The maximum atomic E-state index is 12.9. The van der Waals surface area contributed by atoms with Crippen LogP contribution in [0.1, 0.15) is 17.6 Å². The van der Waals surface area contributed by atoms with Gasteiger partial charge in [-0.2, -0.15) is 0 Å². The molecule has 154 valence electrons. The van der Waals surface area contributed by atoms with E-state index in [9.17, 15) is 4.39 Å². The summed E-state index contributed by atoms with van der Waals surface area (Å²) in [7, 11) is 0. The Morgan fingerprint density at radius 3 is 2.73 bits per heavy atom. The van der Waals surface area contributed by atoms with E-state index in [1.54, 1.807) is 12.1 Å². The Balaban J connectivity index is 1.33. The minimum Gasteiger partial charge on any atom is -0.493 e. The summed E-state index contributed by atoms with van der Waals surface area (Å²) in [5.74, 6) is 2.05. The quantitative estimate of drug-likeness (QED) is 0.312. The van der Waals surface area contributed by atoms with Gasteiger partial charge in [0.2, 0.25) is 0 Å². The summed E-state index contributed by atoms with van der Waals surface area (Å²) in [6, 6.07) is 13.5. The second-order valence-electron chi connectivity index (χ2n) is 6.07. The Morgan fingerprint density at radius 2 is 1.90 bits per heavy atom. The lowest BCUT2D eigenvalue weighted by Crippen LogP contribution is -1.95. The molecule has 0 atom stereocenters. The molecule has 0 saturated heterocycles. The zero-order valence-corrected chi connectivity index (χ0v) is 17.7. The van der Waals surface area contributed by atoms with Gasteiger partial charge in [-0.3, -0.25) is 0 Å². The number of benzene rings is 2. The third kappa shape index (κ3) is 5.17. The standard InChI is InChI=1S/C21H18FN3O3S2/c1-2-26-18-6-4-3-5-17(18)20-24-25-21(28-20)30-13-15-12-29-19(23-15)11-27-16-9-7-14(22)8-10-16/h3-10,12H,2,11,13H2,1H3. The highest BCUT2D eigenvalue weighted by Crippen LogP contribution is 2.31. The fourth-order valence-electron chi connectivity index (χ4n) is 2.59. The monoisotopic (exact) mass is 443 g/mol. The predicted molar refractivity (Wildman–Crippen MR) is 113 cm³/mol. The molecule has 2 aromatic heterocycles. The molecule has 30 heavy (non-hydrogen) atoms. The SMILES string of the molecule is CCOc1ccccc1-c1nnc(SCc2csc(COc3ccc(F)cc3)n2)o1. The molecular weight excluding hydrogens is 425 g/mol. The molecule has 0 N–H and O–H groups in total. The van der Waals surface area contributed by atoms with Gasteiger partial charge < -0.3 is 13.9 Å². The summed E-state index contributed by atoms with van der Waals surface area (Å²) in [6.45, 7) is 2.82. The van der Waals surface area contributed by atoms with Crippen LogP contribution >= 0.6 is 23.1 Å². The second-order valence-corrected chi connectivity index (χ2v) is 7.94. The fraction of sp³-hybridized carbons (Fsp3) is 0.190. The highest BCUT2D eigenvalue weighted by atomic mass is 32.2. The van der Waals surface area contributed by atoms with E-state index < -0.39 is 0 Å². The number of thiazole rings is 1. The summed E-state index contributed by atoms with van der Waals surface area (Å²) in [6.07, 6.45) is 0. The minimum atomic E-state index is -0.290. The van der Waals surface area contributed by atoms with Crippen LogP contribution in [-0.2, 0) is 12.4 Å². The molecule has 2 heterocycles. The fourth-order valence-corrected chi connectivity index (χ4v) is 4.06. The highest BCUT2D eigenvalue weighted by molar-refractivity contribution is 7.98. The van der Waals surface area contributed by atoms with Crippen LogP contribution in [-0.4, -0.2) is 21.8 Å². The van der Waals surface area contributed by atoms with Gasteiger partial charge in [0.05, 0.1) is 17.9 Å². The largest absolute Gasteiger partial charge is 0.493 e. The zero-order valence-electron chi connectivity index (χ0n) is 16.1. The number of rotatable bonds is 9. The third-order valence-electron chi connectivity index (χ3n) is 3.94. The molecule has 6 nitrogen and oxygen atoms in total. The number of para-hydroxylation sites is 1. The maximum absolute atomic E-state index is 12.9. The molecule has 0 saturated carbocycles. The van der Waals surface area contributed by atoms with Crippen LogP contribution in [0.4, 0.5) is 4.39 Å². The number of aromatic nitrogens is 3. The molecule has 4 rings (SSSR count). The molecule has 0 spiro atoms. The lowest BCUT2D eigenvalue weighted by Gasteiger charge is -2.05. The van der Waals surface area contributed by atoms with Crippen molar-refractivity contribution in [1.82, 2.24) is 15.2 Å². The molecule has 0 bridgehead atoms. The molecule has 2 aromatic carbocycles. The van der Waals surface area contributed by atoms with Crippen molar-refractivity contribution in [2.24, 2.45) is 0 Å². The van der Waals surface area contributed by atoms with Crippen molar-refractivity contribution in [2.45, 2.75) is 24.5 Å². The Kier molecular flexibility index (Phi) is 6.60. The van der Waals surface area contributed by atoms with Crippen LogP contribution in [0, 0.1) is 5.82 Å². The Bertz CT molecular complexity index is 1100.